The summed E-state index contributed by atoms with van der Waals surface area (Å²) >= 11 is 0. The molecule has 112 valence electrons. The summed E-state index contributed by atoms with van der Waals surface area (Å²) in [5.74, 6) is 0.140. The molecule has 0 radical (unpaired) electrons. The minimum atomic E-state index is -0.387. The first-order valence-corrected chi connectivity index (χ1v) is 7.85. The van der Waals surface area contributed by atoms with Crippen LogP contribution in [0.4, 0.5) is 5.69 Å². The first-order valence-electron chi connectivity index (χ1n) is 7.85. The largest absolute Gasteiger partial charge is 0.357 e. The first kappa shape index (κ1) is 14.1. The number of para-hydroxylation sites is 1. The molecule has 4 heteroatoms. The van der Waals surface area contributed by atoms with Gasteiger partial charge >= 0.3 is 0 Å². The van der Waals surface area contributed by atoms with Crippen LogP contribution in [-0.4, -0.2) is 24.9 Å². The zero-order valence-electron chi connectivity index (χ0n) is 12.5. The van der Waals surface area contributed by atoms with Crippen LogP contribution in [-0.2, 0) is 16.0 Å². The third kappa shape index (κ3) is 2.55. The highest BCUT2D eigenvalue weighted by Crippen LogP contribution is 2.35. The van der Waals surface area contributed by atoms with E-state index in [1.165, 1.54) is 6.42 Å². The summed E-state index contributed by atoms with van der Waals surface area (Å²) in [6.07, 6.45) is 6.00. The van der Waals surface area contributed by atoms with Crippen molar-refractivity contribution in [3.05, 3.63) is 29.8 Å². The average Bonchev–Trinajstić information content (AvgIpc) is 2.93. The molecule has 2 amide bonds. The van der Waals surface area contributed by atoms with Gasteiger partial charge in [0.1, 0.15) is 6.04 Å². The third-order valence-corrected chi connectivity index (χ3v) is 4.72. The average molecular weight is 286 g/mol. The first-order chi connectivity index (χ1) is 10.2. The SMILES string of the molecule is CNC(=O)C1Cc2ccccc2N1C(=O)C1CCCCC1. The van der Waals surface area contributed by atoms with E-state index in [0.29, 0.717) is 6.42 Å². The number of hydrogen-bond acceptors (Lipinski definition) is 2. The molecule has 1 aromatic rings. The molecule has 0 spiro atoms. The van der Waals surface area contributed by atoms with Gasteiger partial charge in [0.2, 0.25) is 11.8 Å². The molecule has 1 unspecified atom stereocenters. The molecular weight excluding hydrogens is 264 g/mol. The number of likely N-dealkylation sites (N-methyl/N-ethyl adjacent to an activating group) is 1. The molecule has 1 saturated carbocycles. The van der Waals surface area contributed by atoms with Crippen LogP contribution in [0.2, 0.25) is 0 Å². The number of nitrogens with one attached hydrogen (secondary N) is 1. The predicted molar refractivity (Wildman–Crippen MR) is 82.1 cm³/mol. The molecule has 1 aliphatic heterocycles. The van der Waals surface area contributed by atoms with Crippen LogP contribution >= 0.6 is 0 Å². The fourth-order valence-electron chi connectivity index (χ4n) is 3.58. The van der Waals surface area contributed by atoms with Crippen molar-refractivity contribution >= 4 is 17.5 Å². The van der Waals surface area contributed by atoms with Gasteiger partial charge in [-0.05, 0) is 24.5 Å². The van der Waals surface area contributed by atoms with Crippen LogP contribution < -0.4 is 10.2 Å². The van der Waals surface area contributed by atoms with Crippen molar-refractivity contribution in [2.45, 2.75) is 44.6 Å². The Kier molecular flexibility index (Phi) is 3.95. The van der Waals surface area contributed by atoms with Crippen LogP contribution in [0.5, 0.6) is 0 Å². The van der Waals surface area contributed by atoms with E-state index >= 15 is 0 Å². The number of carbonyl (C=O) groups is 2. The smallest absolute Gasteiger partial charge is 0.243 e. The monoisotopic (exact) mass is 286 g/mol. The van der Waals surface area contributed by atoms with Gasteiger partial charge in [-0.25, -0.2) is 0 Å². The molecule has 21 heavy (non-hydrogen) atoms. The Labute approximate surface area is 125 Å². The molecule has 1 N–H and O–H groups in total. The quantitative estimate of drug-likeness (QED) is 0.906. The summed E-state index contributed by atoms with van der Waals surface area (Å²) in [5, 5.41) is 2.70. The van der Waals surface area contributed by atoms with E-state index < -0.39 is 0 Å². The maximum atomic E-state index is 12.9. The molecule has 0 bridgehead atoms. The number of fused-ring (bicyclic) bond motifs is 1. The molecule has 0 saturated heterocycles. The summed E-state index contributed by atoms with van der Waals surface area (Å²) in [4.78, 5) is 26.9. The maximum Gasteiger partial charge on any atom is 0.243 e. The lowest BCUT2D eigenvalue weighted by atomic mass is 9.88. The second-order valence-corrected chi connectivity index (χ2v) is 6.01. The molecule has 1 fully saturated rings. The van der Waals surface area contributed by atoms with Gasteiger partial charge in [0.05, 0.1) is 0 Å². The topological polar surface area (TPSA) is 49.4 Å². The van der Waals surface area contributed by atoms with Crippen LogP contribution in [0.25, 0.3) is 0 Å². The summed E-state index contributed by atoms with van der Waals surface area (Å²) < 4.78 is 0. The lowest BCUT2D eigenvalue weighted by molar-refractivity contribution is -0.128. The number of benzene rings is 1. The van der Waals surface area contributed by atoms with Crippen molar-refractivity contribution in [2.24, 2.45) is 5.92 Å². The van der Waals surface area contributed by atoms with E-state index in [2.05, 4.69) is 5.32 Å². The van der Waals surface area contributed by atoms with Gasteiger partial charge in [-0.2, -0.15) is 0 Å². The van der Waals surface area contributed by atoms with E-state index in [1.54, 1.807) is 11.9 Å². The van der Waals surface area contributed by atoms with Crippen molar-refractivity contribution < 1.29 is 9.59 Å². The van der Waals surface area contributed by atoms with E-state index in [-0.39, 0.29) is 23.8 Å². The second kappa shape index (κ2) is 5.88. The predicted octanol–water partition coefficient (Wildman–Crippen LogP) is 2.27. The number of amides is 2. The molecule has 1 heterocycles. The summed E-state index contributed by atoms with van der Waals surface area (Å²) in [7, 11) is 1.63. The summed E-state index contributed by atoms with van der Waals surface area (Å²) in [5.41, 5.74) is 2.01. The molecule has 1 aliphatic carbocycles. The molecule has 3 rings (SSSR count). The second-order valence-electron chi connectivity index (χ2n) is 6.01. The van der Waals surface area contributed by atoms with E-state index in [0.717, 1.165) is 36.9 Å². The number of hydrogen-bond donors (Lipinski definition) is 1. The maximum absolute atomic E-state index is 12.9. The summed E-state index contributed by atoms with van der Waals surface area (Å²) in [6, 6.07) is 7.49. The minimum absolute atomic E-state index is 0.0737. The van der Waals surface area contributed by atoms with E-state index in [4.69, 9.17) is 0 Å². The van der Waals surface area contributed by atoms with Gasteiger partial charge in [-0.15, -0.1) is 0 Å². The Balaban J connectivity index is 1.91. The third-order valence-electron chi connectivity index (χ3n) is 4.72. The molecule has 1 atom stereocenters. The van der Waals surface area contributed by atoms with Crippen molar-refractivity contribution in [3.63, 3.8) is 0 Å². The summed E-state index contributed by atoms with van der Waals surface area (Å²) in [6.45, 7) is 0. The Morgan fingerprint density at radius 1 is 1.14 bits per heavy atom. The fraction of sp³-hybridized carbons (Fsp3) is 0.529. The minimum Gasteiger partial charge on any atom is -0.357 e. The van der Waals surface area contributed by atoms with Gasteiger partial charge in [-0.3, -0.25) is 14.5 Å². The number of rotatable bonds is 2. The van der Waals surface area contributed by atoms with Crippen molar-refractivity contribution in [2.75, 3.05) is 11.9 Å². The van der Waals surface area contributed by atoms with Crippen molar-refractivity contribution in [1.82, 2.24) is 5.32 Å². The Hall–Kier alpha value is -1.84. The normalized spacial score (nSPS) is 22.0. The zero-order valence-corrected chi connectivity index (χ0v) is 12.5. The highest BCUT2D eigenvalue weighted by Gasteiger charge is 2.40. The lowest BCUT2D eigenvalue weighted by Gasteiger charge is -2.30. The molecule has 4 nitrogen and oxygen atoms in total. The standard InChI is InChI=1S/C17H22N2O2/c1-18-16(20)15-11-13-9-5-6-10-14(13)19(15)17(21)12-7-3-2-4-8-12/h5-6,9-10,12,15H,2-4,7-8,11H2,1H3,(H,18,20). The molecular formula is C17H22N2O2. The molecule has 1 aromatic carbocycles. The zero-order chi connectivity index (χ0) is 14.8. The van der Waals surface area contributed by atoms with Gasteiger partial charge in [0.25, 0.3) is 0 Å². The van der Waals surface area contributed by atoms with Crippen molar-refractivity contribution in [1.29, 1.82) is 0 Å². The van der Waals surface area contributed by atoms with Crippen molar-refractivity contribution in [3.8, 4) is 0 Å². The van der Waals surface area contributed by atoms with Crippen LogP contribution in [0.3, 0.4) is 0 Å². The number of anilines is 1. The number of carbonyl (C=O) groups excluding carboxylic acids is 2. The van der Waals surface area contributed by atoms with Gasteiger partial charge in [-0.1, -0.05) is 37.5 Å². The highest BCUT2D eigenvalue weighted by atomic mass is 16.2. The van der Waals surface area contributed by atoms with Crippen LogP contribution in [0, 0.1) is 5.92 Å². The fourth-order valence-corrected chi connectivity index (χ4v) is 3.58. The van der Waals surface area contributed by atoms with E-state index in [1.807, 2.05) is 24.3 Å². The molecule has 2 aliphatic rings. The van der Waals surface area contributed by atoms with Gasteiger partial charge < -0.3 is 5.32 Å². The van der Waals surface area contributed by atoms with E-state index in [9.17, 15) is 9.59 Å². The molecule has 0 aromatic heterocycles. The van der Waals surface area contributed by atoms with Crippen LogP contribution in [0.15, 0.2) is 24.3 Å². The van der Waals surface area contributed by atoms with Gasteiger partial charge in [0.15, 0.2) is 0 Å². The highest BCUT2D eigenvalue weighted by molar-refractivity contribution is 6.04. The van der Waals surface area contributed by atoms with Crippen LogP contribution in [0.1, 0.15) is 37.7 Å². The Morgan fingerprint density at radius 3 is 2.57 bits per heavy atom. The Bertz CT molecular complexity index is 549. The number of nitrogens with zero attached hydrogens (tertiary/aromatic N) is 1. The van der Waals surface area contributed by atoms with Gasteiger partial charge in [0, 0.05) is 25.1 Å². The Morgan fingerprint density at radius 2 is 1.86 bits per heavy atom. The lowest BCUT2D eigenvalue weighted by Crippen LogP contribution is -2.49.